The van der Waals surface area contributed by atoms with Crippen LogP contribution in [0, 0.1) is 11.8 Å². The molecular weight excluding hydrogens is 450 g/mol. The van der Waals surface area contributed by atoms with Crippen LogP contribution < -0.4 is 4.74 Å². The zero-order valence-electron chi connectivity index (χ0n) is 19.8. The number of carbonyl (C=O) groups excluding carboxylic acids is 1. The van der Waals surface area contributed by atoms with Gasteiger partial charge in [0.2, 0.25) is 0 Å². The number of benzene rings is 2. The number of aliphatic carboxylic acids is 1. The number of nitrogens with zero attached hydrogens (tertiary/aromatic N) is 1. The molecule has 5 rings (SSSR count). The molecule has 1 aliphatic carbocycles. The Morgan fingerprint density at radius 1 is 1.03 bits per heavy atom. The monoisotopic (exact) mass is 483 g/mol. The second-order valence-electron chi connectivity index (χ2n) is 10.4. The minimum Gasteiger partial charge on any atom is -0.489 e. The molecule has 2 aromatic carbocycles. The lowest BCUT2D eigenvalue weighted by Crippen LogP contribution is -2.55. The van der Waals surface area contributed by atoms with E-state index in [1.54, 1.807) is 0 Å². The second kappa shape index (κ2) is 9.77. The van der Waals surface area contributed by atoms with E-state index >= 15 is 0 Å². The van der Waals surface area contributed by atoms with Crippen molar-refractivity contribution < 1.29 is 19.4 Å². The number of rotatable bonds is 5. The van der Waals surface area contributed by atoms with Crippen molar-refractivity contribution in [2.75, 3.05) is 0 Å². The fraction of sp³-hybridized carbons (Fsp3) is 0.571. The van der Waals surface area contributed by atoms with Crippen molar-refractivity contribution in [1.29, 1.82) is 0 Å². The molecule has 1 saturated carbocycles. The Hall–Kier alpha value is -2.27. The third kappa shape index (κ3) is 4.51. The fourth-order valence-electron chi connectivity index (χ4n) is 6.40. The third-order valence-corrected chi connectivity index (χ3v) is 8.78. The first-order chi connectivity index (χ1) is 16.4. The first-order valence-electron chi connectivity index (χ1n) is 12.9. The Labute approximate surface area is 206 Å². The van der Waals surface area contributed by atoms with Gasteiger partial charge in [0.25, 0.3) is 5.91 Å². The minimum absolute atomic E-state index is 0.00423. The normalized spacial score (nSPS) is 29.1. The molecule has 2 aromatic rings. The Kier molecular flexibility index (Phi) is 6.74. The zero-order chi connectivity index (χ0) is 23.8. The lowest BCUT2D eigenvalue weighted by Gasteiger charge is -2.48. The molecule has 3 fully saturated rings. The third-order valence-electron chi connectivity index (χ3n) is 8.39. The van der Waals surface area contributed by atoms with Gasteiger partial charge in [-0.05, 0) is 87.3 Å². The van der Waals surface area contributed by atoms with Gasteiger partial charge in [-0.15, -0.1) is 0 Å². The number of carboxylic acid groups (broad SMARTS) is 1. The Bertz CT molecular complexity index is 1060. The average molecular weight is 484 g/mol. The maximum Gasteiger partial charge on any atom is 0.306 e. The van der Waals surface area contributed by atoms with Crippen LogP contribution in [0.5, 0.6) is 5.75 Å². The fourth-order valence-corrected chi connectivity index (χ4v) is 6.68. The summed E-state index contributed by atoms with van der Waals surface area (Å²) < 4.78 is 6.28. The van der Waals surface area contributed by atoms with Gasteiger partial charge in [-0.3, -0.25) is 9.59 Å². The molecule has 0 radical (unpaired) electrons. The summed E-state index contributed by atoms with van der Waals surface area (Å²) in [5, 5.41) is 11.9. The van der Waals surface area contributed by atoms with E-state index in [0.717, 1.165) is 54.5 Å². The number of hydrogen-bond acceptors (Lipinski definition) is 3. The molecule has 2 bridgehead atoms. The van der Waals surface area contributed by atoms with E-state index in [4.69, 9.17) is 16.3 Å². The van der Waals surface area contributed by atoms with Gasteiger partial charge in [0.05, 0.1) is 17.0 Å². The van der Waals surface area contributed by atoms with Crippen molar-refractivity contribution in [1.82, 2.24) is 4.90 Å². The maximum absolute atomic E-state index is 13.5. The van der Waals surface area contributed by atoms with E-state index in [-0.39, 0.29) is 30.0 Å². The number of fused-ring (bicyclic) bond motifs is 3. The van der Waals surface area contributed by atoms with Gasteiger partial charge in [0, 0.05) is 23.0 Å². The summed E-state index contributed by atoms with van der Waals surface area (Å²) in [6.45, 7) is 2.26. The van der Waals surface area contributed by atoms with E-state index in [2.05, 4.69) is 6.92 Å². The van der Waals surface area contributed by atoms with Gasteiger partial charge in [-0.25, -0.2) is 0 Å². The largest absolute Gasteiger partial charge is 0.489 e. The van der Waals surface area contributed by atoms with E-state index in [1.165, 1.54) is 19.3 Å². The first-order valence-corrected chi connectivity index (χ1v) is 13.3. The van der Waals surface area contributed by atoms with Crippen LogP contribution in [-0.4, -0.2) is 40.1 Å². The van der Waals surface area contributed by atoms with Crippen LogP contribution in [0.3, 0.4) is 0 Å². The lowest BCUT2D eigenvalue weighted by atomic mass is 9.78. The molecule has 5 nitrogen and oxygen atoms in total. The Morgan fingerprint density at radius 2 is 1.74 bits per heavy atom. The molecular formula is C28H34ClNO4. The summed E-state index contributed by atoms with van der Waals surface area (Å²) in [6, 6.07) is 9.63. The summed E-state index contributed by atoms with van der Waals surface area (Å²) in [5.74, 6) is 0.464. The summed E-state index contributed by atoms with van der Waals surface area (Å²) in [6.07, 6.45) is 9.95. The highest BCUT2D eigenvalue weighted by molar-refractivity contribution is 6.37. The molecule has 0 spiro atoms. The first kappa shape index (κ1) is 23.5. The molecule has 2 atom stereocenters. The summed E-state index contributed by atoms with van der Waals surface area (Å²) >= 11 is 6.75. The number of piperidine rings is 2. The number of ether oxygens (including phenoxy) is 1. The molecule has 6 heteroatoms. The second-order valence-corrected chi connectivity index (χ2v) is 10.8. The van der Waals surface area contributed by atoms with Gasteiger partial charge in [0.15, 0.2) is 0 Å². The van der Waals surface area contributed by atoms with Gasteiger partial charge >= 0.3 is 5.97 Å². The lowest BCUT2D eigenvalue weighted by molar-refractivity contribution is -0.145. The zero-order valence-corrected chi connectivity index (χ0v) is 20.6. The smallest absolute Gasteiger partial charge is 0.306 e. The minimum atomic E-state index is -0.735. The number of carboxylic acids is 1. The molecule has 2 saturated heterocycles. The maximum atomic E-state index is 13.5. The summed E-state index contributed by atoms with van der Waals surface area (Å²) in [5.41, 5.74) is 0.640. The number of halogens is 1. The molecule has 1 amide bonds. The highest BCUT2D eigenvalue weighted by Crippen LogP contribution is 2.40. The van der Waals surface area contributed by atoms with Crippen molar-refractivity contribution >= 4 is 34.2 Å². The van der Waals surface area contributed by atoms with E-state index in [0.29, 0.717) is 23.4 Å². The van der Waals surface area contributed by atoms with Crippen LogP contribution in [0.1, 0.15) is 81.5 Å². The van der Waals surface area contributed by atoms with Crippen LogP contribution in [0.4, 0.5) is 0 Å². The van der Waals surface area contributed by atoms with Crippen LogP contribution in [0.15, 0.2) is 30.3 Å². The number of hydrogen-bond donors (Lipinski definition) is 1. The van der Waals surface area contributed by atoms with Crippen molar-refractivity contribution in [3.8, 4) is 5.75 Å². The molecule has 0 aromatic heterocycles. The average Bonchev–Trinajstić information content (AvgIpc) is 2.84. The van der Waals surface area contributed by atoms with Crippen LogP contribution >= 0.6 is 11.6 Å². The molecule has 2 unspecified atom stereocenters. The van der Waals surface area contributed by atoms with Crippen molar-refractivity contribution in [3.05, 3.63) is 40.9 Å². The molecule has 1 N–H and O–H groups in total. The summed E-state index contributed by atoms with van der Waals surface area (Å²) in [7, 11) is 0. The van der Waals surface area contributed by atoms with E-state index in [1.807, 2.05) is 35.2 Å². The SMILES string of the molecule is CCC1CCC(Oc2ccc3cc(C(=O)N4C5CCCC4CC(C(=O)O)C5)ccc3c2Cl)CC1. The van der Waals surface area contributed by atoms with Gasteiger partial charge in [-0.1, -0.05) is 37.1 Å². The van der Waals surface area contributed by atoms with Crippen molar-refractivity contribution in [2.24, 2.45) is 11.8 Å². The predicted octanol–water partition coefficient (Wildman–Crippen LogP) is 6.70. The Morgan fingerprint density at radius 3 is 2.38 bits per heavy atom. The van der Waals surface area contributed by atoms with Crippen molar-refractivity contribution in [3.63, 3.8) is 0 Å². The number of amides is 1. The molecule has 2 aliphatic heterocycles. The molecule has 34 heavy (non-hydrogen) atoms. The number of carbonyl (C=O) groups is 2. The van der Waals surface area contributed by atoms with Gasteiger partial charge in [0.1, 0.15) is 5.75 Å². The van der Waals surface area contributed by atoms with Gasteiger partial charge < -0.3 is 14.7 Å². The van der Waals surface area contributed by atoms with Crippen LogP contribution in [0.2, 0.25) is 5.02 Å². The predicted molar refractivity (Wildman–Crippen MR) is 134 cm³/mol. The highest BCUT2D eigenvalue weighted by atomic mass is 35.5. The van der Waals surface area contributed by atoms with Crippen LogP contribution in [0.25, 0.3) is 10.8 Å². The topological polar surface area (TPSA) is 66.8 Å². The molecule has 2 heterocycles. The molecule has 182 valence electrons. The quantitative estimate of drug-likeness (QED) is 0.513. The van der Waals surface area contributed by atoms with E-state index in [9.17, 15) is 14.7 Å². The van der Waals surface area contributed by atoms with Crippen molar-refractivity contribution in [2.45, 2.75) is 89.3 Å². The molecule has 3 aliphatic rings. The van der Waals surface area contributed by atoms with Gasteiger partial charge in [-0.2, -0.15) is 0 Å². The Balaban J connectivity index is 1.34. The summed E-state index contributed by atoms with van der Waals surface area (Å²) in [4.78, 5) is 27.1. The highest BCUT2D eigenvalue weighted by Gasteiger charge is 2.43. The standard InChI is InChI=1S/C28H34ClNO4/c1-2-17-6-10-23(11-7-17)34-25-13-9-18-14-19(8-12-24(18)26(25)29)27(31)30-21-4-3-5-22(30)16-20(15-21)28(32)33/h8-9,12-14,17,20-23H,2-7,10-11,15-16H2,1H3,(H,32,33). The van der Waals surface area contributed by atoms with Crippen LogP contribution in [-0.2, 0) is 4.79 Å². The van der Waals surface area contributed by atoms with E-state index < -0.39 is 5.97 Å².